The summed E-state index contributed by atoms with van der Waals surface area (Å²) in [7, 11) is 0. The van der Waals surface area contributed by atoms with Crippen LogP contribution < -0.4 is 0 Å². The van der Waals surface area contributed by atoms with Gasteiger partial charge in [-0.2, -0.15) is 5.26 Å². The molecule has 3 nitrogen and oxygen atoms in total. The van der Waals surface area contributed by atoms with Gasteiger partial charge in [-0.25, -0.2) is 4.98 Å². The number of hydrogen-bond donors (Lipinski definition) is 0. The van der Waals surface area contributed by atoms with Crippen LogP contribution in [0.3, 0.4) is 0 Å². The first-order valence-corrected chi connectivity index (χ1v) is 7.47. The van der Waals surface area contributed by atoms with Crippen LogP contribution in [0.5, 0.6) is 0 Å². The van der Waals surface area contributed by atoms with Crippen LogP contribution in [0, 0.1) is 31.1 Å². The number of benzene rings is 1. The average Bonchev–Trinajstić information content (AvgIpc) is 2.66. The lowest BCUT2D eigenvalue weighted by atomic mass is 9.85. The van der Waals surface area contributed by atoms with Gasteiger partial charge in [0.05, 0.1) is 23.0 Å². The van der Waals surface area contributed by atoms with E-state index in [-0.39, 0.29) is 5.92 Å². The summed E-state index contributed by atoms with van der Waals surface area (Å²) in [5.41, 5.74) is 4.86. The number of nitrogens with zero attached hydrogens (tertiary/aromatic N) is 3. The van der Waals surface area contributed by atoms with Crippen LogP contribution in [0.15, 0.2) is 12.1 Å². The molecule has 104 valence electrons. The molecule has 0 saturated heterocycles. The fourth-order valence-corrected chi connectivity index (χ4v) is 2.88. The highest BCUT2D eigenvalue weighted by Crippen LogP contribution is 2.37. The minimum Gasteiger partial charge on any atom is -0.326 e. The van der Waals surface area contributed by atoms with Crippen molar-refractivity contribution in [3.63, 3.8) is 0 Å². The zero-order chi connectivity index (χ0) is 14.3. The summed E-state index contributed by atoms with van der Waals surface area (Å²) in [6.07, 6.45) is 3.78. The lowest BCUT2D eigenvalue weighted by Crippen LogP contribution is -2.17. The fraction of sp³-hybridized carbons (Fsp3) is 0.529. The van der Waals surface area contributed by atoms with Crippen LogP contribution in [-0.4, -0.2) is 9.55 Å². The van der Waals surface area contributed by atoms with E-state index in [9.17, 15) is 0 Å². The molecular weight excluding hydrogens is 246 g/mol. The largest absolute Gasteiger partial charge is 0.326 e. The molecule has 0 aliphatic heterocycles. The first-order valence-electron chi connectivity index (χ1n) is 7.47. The van der Waals surface area contributed by atoms with E-state index in [2.05, 4.69) is 36.6 Å². The van der Waals surface area contributed by atoms with Gasteiger partial charge in [0.1, 0.15) is 5.82 Å². The van der Waals surface area contributed by atoms with Crippen LogP contribution in [0.1, 0.15) is 49.1 Å². The molecule has 1 fully saturated rings. The van der Waals surface area contributed by atoms with Crippen molar-refractivity contribution in [2.24, 2.45) is 5.92 Å². The van der Waals surface area contributed by atoms with Crippen molar-refractivity contribution in [3.8, 4) is 6.07 Å². The van der Waals surface area contributed by atoms with Gasteiger partial charge in [-0.1, -0.05) is 6.42 Å². The highest BCUT2D eigenvalue weighted by molar-refractivity contribution is 5.78. The molecule has 1 atom stereocenters. The SMILES string of the molecule is Cc1cc2nc(C3CCC3)n(CC(C)C#N)c2cc1C. The third kappa shape index (κ3) is 2.10. The number of rotatable bonds is 3. The molecule has 3 heteroatoms. The van der Waals surface area contributed by atoms with E-state index in [0.717, 1.165) is 12.1 Å². The molecule has 2 aromatic rings. The van der Waals surface area contributed by atoms with Crippen LogP contribution >= 0.6 is 0 Å². The minimum absolute atomic E-state index is 0.0211. The molecule has 1 aliphatic rings. The Balaban J connectivity index is 2.15. The third-order valence-corrected chi connectivity index (χ3v) is 4.54. The molecule has 1 heterocycles. The van der Waals surface area contributed by atoms with Gasteiger partial charge < -0.3 is 4.57 Å². The second-order valence-corrected chi connectivity index (χ2v) is 6.16. The zero-order valence-corrected chi connectivity index (χ0v) is 12.5. The standard InChI is InChI=1S/C17H21N3/c1-11(9-18)10-20-16-8-13(3)12(2)7-15(16)19-17(20)14-5-4-6-14/h7-8,11,14H,4-6,10H2,1-3H3. The molecule has 0 spiro atoms. The highest BCUT2D eigenvalue weighted by atomic mass is 15.1. The lowest BCUT2D eigenvalue weighted by molar-refractivity contribution is 0.383. The van der Waals surface area contributed by atoms with Crippen molar-refractivity contribution < 1.29 is 0 Å². The fourth-order valence-electron chi connectivity index (χ4n) is 2.88. The molecule has 1 aromatic heterocycles. The third-order valence-electron chi connectivity index (χ3n) is 4.54. The summed E-state index contributed by atoms with van der Waals surface area (Å²) in [4.78, 5) is 4.88. The van der Waals surface area contributed by atoms with E-state index in [1.54, 1.807) is 0 Å². The maximum atomic E-state index is 9.12. The van der Waals surface area contributed by atoms with E-state index in [1.165, 1.54) is 41.7 Å². The highest BCUT2D eigenvalue weighted by Gasteiger charge is 2.26. The van der Waals surface area contributed by atoms with E-state index in [4.69, 9.17) is 10.2 Å². The van der Waals surface area contributed by atoms with Gasteiger partial charge in [0.25, 0.3) is 0 Å². The lowest BCUT2D eigenvalue weighted by Gasteiger charge is -2.26. The summed E-state index contributed by atoms with van der Waals surface area (Å²) in [5.74, 6) is 1.81. The molecule has 0 N–H and O–H groups in total. The van der Waals surface area contributed by atoms with Gasteiger partial charge in [0.15, 0.2) is 0 Å². The number of aryl methyl sites for hydroxylation is 2. The molecule has 0 amide bonds. The Morgan fingerprint density at radius 3 is 2.65 bits per heavy atom. The first kappa shape index (κ1) is 13.2. The number of imidazole rings is 1. The number of nitriles is 1. The Bertz CT molecular complexity index is 686. The van der Waals surface area contributed by atoms with Crippen molar-refractivity contribution in [2.45, 2.75) is 52.5 Å². The van der Waals surface area contributed by atoms with Gasteiger partial charge in [-0.05, 0) is 56.9 Å². The van der Waals surface area contributed by atoms with Gasteiger partial charge in [-0.3, -0.25) is 0 Å². The predicted molar refractivity (Wildman–Crippen MR) is 80.6 cm³/mol. The van der Waals surface area contributed by atoms with Crippen molar-refractivity contribution in [1.29, 1.82) is 5.26 Å². The van der Waals surface area contributed by atoms with Gasteiger partial charge >= 0.3 is 0 Å². The first-order chi connectivity index (χ1) is 9.60. The predicted octanol–water partition coefficient (Wildman–Crippen LogP) is 4.08. The van der Waals surface area contributed by atoms with E-state index < -0.39 is 0 Å². The maximum absolute atomic E-state index is 9.12. The van der Waals surface area contributed by atoms with E-state index in [0.29, 0.717) is 5.92 Å². The molecular formula is C17H21N3. The Morgan fingerprint density at radius 2 is 2.05 bits per heavy atom. The molecule has 0 radical (unpaired) electrons. The van der Waals surface area contributed by atoms with Crippen LogP contribution in [0.4, 0.5) is 0 Å². The Labute approximate surface area is 120 Å². The number of fused-ring (bicyclic) bond motifs is 1. The molecule has 1 aliphatic carbocycles. The molecule has 1 aromatic carbocycles. The molecule has 1 saturated carbocycles. The summed E-state index contributed by atoms with van der Waals surface area (Å²) < 4.78 is 2.29. The van der Waals surface area contributed by atoms with Crippen molar-refractivity contribution in [3.05, 3.63) is 29.1 Å². The minimum atomic E-state index is 0.0211. The van der Waals surface area contributed by atoms with Gasteiger partial charge in [0.2, 0.25) is 0 Å². The van der Waals surface area contributed by atoms with Crippen LogP contribution in [0.25, 0.3) is 11.0 Å². The van der Waals surface area contributed by atoms with Crippen LogP contribution in [-0.2, 0) is 6.54 Å². The molecule has 1 unspecified atom stereocenters. The topological polar surface area (TPSA) is 41.6 Å². The van der Waals surface area contributed by atoms with Gasteiger partial charge in [-0.15, -0.1) is 0 Å². The van der Waals surface area contributed by atoms with Crippen molar-refractivity contribution >= 4 is 11.0 Å². The molecule has 3 rings (SSSR count). The number of aromatic nitrogens is 2. The monoisotopic (exact) mass is 267 g/mol. The van der Waals surface area contributed by atoms with Crippen molar-refractivity contribution in [1.82, 2.24) is 9.55 Å². The molecule has 20 heavy (non-hydrogen) atoms. The summed E-state index contributed by atoms with van der Waals surface area (Å²) in [5, 5.41) is 9.12. The zero-order valence-electron chi connectivity index (χ0n) is 12.5. The average molecular weight is 267 g/mol. The van der Waals surface area contributed by atoms with E-state index in [1.807, 2.05) is 6.92 Å². The maximum Gasteiger partial charge on any atom is 0.113 e. The number of hydrogen-bond acceptors (Lipinski definition) is 2. The molecule has 0 bridgehead atoms. The Kier molecular flexibility index (Phi) is 3.25. The summed E-state index contributed by atoms with van der Waals surface area (Å²) in [6.45, 7) is 7.01. The van der Waals surface area contributed by atoms with E-state index >= 15 is 0 Å². The second kappa shape index (κ2) is 4.94. The Morgan fingerprint density at radius 1 is 1.35 bits per heavy atom. The van der Waals surface area contributed by atoms with Crippen molar-refractivity contribution in [2.75, 3.05) is 0 Å². The Hall–Kier alpha value is -1.82. The summed E-state index contributed by atoms with van der Waals surface area (Å²) in [6, 6.07) is 6.75. The van der Waals surface area contributed by atoms with Gasteiger partial charge in [0, 0.05) is 12.5 Å². The smallest absolute Gasteiger partial charge is 0.113 e. The quantitative estimate of drug-likeness (QED) is 0.840. The second-order valence-electron chi connectivity index (χ2n) is 6.16. The summed E-state index contributed by atoms with van der Waals surface area (Å²) >= 11 is 0. The normalized spacial score (nSPS) is 16.9. The van der Waals surface area contributed by atoms with Crippen LogP contribution in [0.2, 0.25) is 0 Å².